The zero-order valence-corrected chi connectivity index (χ0v) is 12.2. The Balaban J connectivity index is 3.16. The number of nitro benzene ring substituents is 1. The van der Waals surface area contributed by atoms with Crippen molar-refractivity contribution in [2.45, 2.75) is 26.3 Å². The summed E-state index contributed by atoms with van der Waals surface area (Å²) in [5, 5.41) is 10.8. The molecule has 0 aromatic heterocycles. The van der Waals surface area contributed by atoms with Crippen LogP contribution in [0.15, 0.2) is 18.2 Å². The third-order valence-electron chi connectivity index (χ3n) is 3.06. The highest BCUT2D eigenvalue weighted by Crippen LogP contribution is 2.21. The highest BCUT2D eigenvalue weighted by molar-refractivity contribution is 6.18. The second-order valence-electron chi connectivity index (χ2n) is 5.12. The van der Waals surface area contributed by atoms with Crippen LogP contribution >= 0.6 is 11.6 Å². The van der Waals surface area contributed by atoms with E-state index in [1.54, 1.807) is 20.0 Å². The molecule has 0 aliphatic rings. The zero-order chi connectivity index (χ0) is 14.8. The van der Waals surface area contributed by atoms with Crippen molar-refractivity contribution < 1.29 is 9.72 Å². The Morgan fingerprint density at radius 3 is 2.47 bits per heavy atom. The van der Waals surface area contributed by atoms with Crippen LogP contribution in [-0.4, -0.2) is 34.2 Å². The molecule has 0 aliphatic heterocycles. The number of nitro groups is 1. The van der Waals surface area contributed by atoms with Gasteiger partial charge in [0, 0.05) is 30.6 Å². The van der Waals surface area contributed by atoms with Crippen molar-refractivity contribution >= 4 is 23.2 Å². The Kier molecular flexibility index (Phi) is 4.52. The number of halogens is 1. The standard InChI is InChI=1S/C13H17ClN2O3/c1-9-5-10(7-11(6-9)16(18)19)12(17)15(4)13(2,3)8-14/h5-7H,8H2,1-4H3. The Morgan fingerprint density at radius 2 is 2.00 bits per heavy atom. The molecule has 0 spiro atoms. The molecule has 0 bridgehead atoms. The van der Waals surface area contributed by atoms with Crippen molar-refractivity contribution in [3.8, 4) is 0 Å². The highest BCUT2D eigenvalue weighted by Gasteiger charge is 2.28. The Labute approximate surface area is 117 Å². The minimum absolute atomic E-state index is 0.0829. The fourth-order valence-corrected chi connectivity index (χ4v) is 1.73. The summed E-state index contributed by atoms with van der Waals surface area (Å²) in [6, 6.07) is 4.36. The van der Waals surface area contributed by atoms with E-state index < -0.39 is 10.5 Å². The van der Waals surface area contributed by atoms with Gasteiger partial charge in [-0.1, -0.05) is 0 Å². The Bertz CT molecular complexity index is 515. The van der Waals surface area contributed by atoms with Gasteiger partial charge in [-0.05, 0) is 32.4 Å². The largest absolute Gasteiger partial charge is 0.335 e. The monoisotopic (exact) mass is 284 g/mol. The van der Waals surface area contributed by atoms with Crippen LogP contribution in [0.2, 0.25) is 0 Å². The summed E-state index contributed by atoms with van der Waals surface area (Å²) in [5.41, 5.74) is 0.374. The third-order valence-corrected chi connectivity index (χ3v) is 3.71. The molecule has 1 rings (SSSR count). The second kappa shape index (κ2) is 5.57. The number of hydrogen-bond donors (Lipinski definition) is 0. The van der Waals surface area contributed by atoms with Crippen molar-refractivity contribution in [3.05, 3.63) is 39.4 Å². The molecule has 0 N–H and O–H groups in total. The van der Waals surface area contributed by atoms with Crippen LogP contribution < -0.4 is 0 Å². The van der Waals surface area contributed by atoms with E-state index in [2.05, 4.69) is 0 Å². The second-order valence-corrected chi connectivity index (χ2v) is 5.39. The topological polar surface area (TPSA) is 63.5 Å². The average molecular weight is 285 g/mol. The fraction of sp³-hybridized carbons (Fsp3) is 0.462. The number of rotatable bonds is 4. The number of amides is 1. The van der Waals surface area contributed by atoms with E-state index in [4.69, 9.17) is 11.6 Å². The number of carbonyl (C=O) groups excluding carboxylic acids is 1. The minimum Gasteiger partial charge on any atom is -0.335 e. The predicted molar refractivity (Wildman–Crippen MR) is 74.7 cm³/mol. The van der Waals surface area contributed by atoms with Crippen LogP contribution in [0.5, 0.6) is 0 Å². The van der Waals surface area contributed by atoms with Gasteiger partial charge in [0.05, 0.1) is 10.5 Å². The van der Waals surface area contributed by atoms with E-state index in [-0.39, 0.29) is 17.5 Å². The molecule has 104 valence electrons. The Morgan fingerprint density at radius 1 is 1.42 bits per heavy atom. The normalized spacial score (nSPS) is 11.2. The number of non-ortho nitro benzene ring substituents is 1. The van der Waals surface area contributed by atoms with Gasteiger partial charge in [0.2, 0.25) is 0 Å². The quantitative estimate of drug-likeness (QED) is 0.485. The lowest BCUT2D eigenvalue weighted by atomic mass is 10.0. The van der Waals surface area contributed by atoms with E-state index >= 15 is 0 Å². The molecule has 1 aromatic rings. The minimum atomic E-state index is -0.517. The van der Waals surface area contributed by atoms with Crippen LogP contribution in [0, 0.1) is 17.0 Å². The predicted octanol–water partition coefficient (Wildman–Crippen LogP) is 2.99. The smallest absolute Gasteiger partial charge is 0.270 e. The van der Waals surface area contributed by atoms with Crippen LogP contribution in [-0.2, 0) is 0 Å². The summed E-state index contributed by atoms with van der Waals surface area (Å²) in [4.78, 5) is 24.1. The van der Waals surface area contributed by atoms with Gasteiger partial charge in [-0.15, -0.1) is 11.6 Å². The molecule has 0 saturated carbocycles. The first-order chi connectivity index (χ1) is 8.69. The van der Waals surface area contributed by atoms with Gasteiger partial charge in [-0.25, -0.2) is 0 Å². The summed E-state index contributed by atoms with van der Waals surface area (Å²) >= 11 is 5.83. The molecule has 0 unspecified atom stereocenters. The molecule has 0 atom stereocenters. The van der Waals surface area contributed by atoms with Crippen LogP contribution in [0.1, 0.15) is 29.8 Å². The molecular weight excluding hydrogens is 268 g/mol. The van der Waals surface area contributed by atoms with Crippen molar-refractivity contribution in [2.24, 2.45) is 0 Å². The molecule has 0 heterocycles. The molecule has 0 aliphatic carbocycles. The number of aryl methyl sites for hydroxylation is 1. The van der Waals surface area contributed by atoms with Crippen LogP contribution in [0.25, 0.3) is 0 Å². The van der Waals surface area contributed by atoms with Crippen LogP contribution in [0.3, 0.4) is 0 Å². The average Bonchev–Trinajstić information content (AvgIpc) is 2.36. The van der Waals surface area contributed by atoms with Gasteiger partial charge >= 0.3 is 0 Å². The molecule has 1 aromatic carbocycles. The maximum atomic E-state index is 12.3. The van der Waals surface area contributed by atoms with E-state index in [9.17, 15) is 14.9 Å². The van der Waals surface area contributed by atoms with Gasteiger partial charge in [-0.2, -0.15) is 0 Å². The molecule has 0 fully saturated rings. The van der Waals surface area contributed by atoms with E-state index in [1.807, 2.05) is 13.8 Å². The Hall–Kier alpha value is -1.62. The van der Waals surface area contributed by atoms with E-state index in [0.717, 1.165) is 0 Å². The number of carbonyl (C=O) groups is 1. The highest BCUT2D eigenvalue weighted by atomic mass is 35.5. The van der Waals surface area contributed by atoms with Gasteiger partial charge in [0.15, 0.2) is 0 Å². The van der Waals surface area contributed by atoms with Crippen molar-refractivity contribution in [2.75, 3.05) is 12.9 Å². The molecule has 0 saturated heterocycles. The summed E-state index contributed by atoms with van der Waals surface area (Å²) in [5.74, 6) is 0.000763. The lowest BCUT2D eigenvalue weighted by molar-refractivity contribution is -0.384. The summed E-state index contributed by atoms with van der Waals surface area (Å²) in [6.07, 6.45) is 0. The van der Waals surface area contributed by atoms with E-state index in [0.29, 0.717) is 11.1 Å². The van der Waals surface area contributed by atoms with E-state index in [1.165, 1.54) is 17.0 Å². The maximum Gasteiger partial charge on any atom is 0.270 e. The fourth-order valence-electron chi connectivity index (χ4n) is 1.55. The molecule has 5 nitrogen and oxygen atoms in total. The summed E-state index contributed by atoms with van der Waals surface area (Å²) in [6.45, 7) is 5.39. The lowest BCUT2D eigenvalue weighted by Crippen LogP contribution is -2.46. The number of hydrogen-bond acceptors (Lipinski definition) is 3. The maximum absolute atomic E-state index is 12.3. The summed E-state index contributed by atoms with van der Waals surface area (Å²) in [7, 11) is 1.64. The molecule has 19 heavy (non-hydrogen) atoms. The lowest BCUT2D eigenvalue weighted by Gasteiger charge is -2.34. The molecule has 0 radical (unpaired) electrons. The first-order valence-corrected chi connectivity index (χ1v) is 6.32. The molecule has 1 amide bonds. The first-order valence-electron chi connectivity index (χ1n) is 5.79. The van der Waals surface area contributed by atoms with Gasteiger partial charge in [0.1, 0.15) is 0 Å². The van der Waals surface area contributed by atoms with Gasteiger partial charge in [-0.3, -0.25) is 14.9 Å². The van der Waals surface area contributed by atoms with Gasteiger partial charge < -0.3 is 4.90 Å². The number of alkyl halides is 1. The van der Waals surface area contributed by atoms with Crippen molar-refractivity contribution in [3.63, 3.8) is 0 Å². The van der Waals surface area contributed by atoms with Crippen molar-refractivity contribution in [1.82, 2.24) is 4.90 Å². The van der Waals surface area contributed by atoms with Crippen LogP contribution in [0.4, 0.5) is 5.69 Å². The summed E-state index contributed by atoms with van der Waals surface area (Å²) < 4.78 is 0. The van der Waals surface area contributed by atoms with Crippen molar-refractivity contribution in [1.29, 1.82) is 0 Å². The zero-order valence-electron chi connectivity index (χ0n) is 11.4. The SMILES string of the molecule is Cc1cc(C(=O)N(C)C(C)(C)CCl)cc([N+](=O)[O-])c1. The molecule has 6 heteroatoms. The molecular formula is C13H17ClN2O3. The number of benzene rings is 1. The number of nitrogens with zero attached hydrogens (tertiary/aromatic N) is 2. The third kappa shape index (κ3) is 3.44. The van der Waals surface area contributed by atoms with Gasteiger partial charge in [0.25, 0.3) is 11.6 Å². The first kappa shape index (κ1) is 15.4.